The van der Waals surface area contributed by atoms with Crippen molar-refractivity contribution in [2.75, 3.05) is 6.54 Å². The van der Waals surface area contributed by atoms with Crippen molar-refractivity contribution in [2.45, 2.75) is 19.4 Å². The predicted octanol–water partition coefficient (Wildman–Crippen LogP) is 2.86. The van der Waals surface area contributed by atoms with Gasteiger partial charge < -0.3 is 10.4 Å². The molecular weight excluding hydrogens is 246 g/mol. The van der Waals surface area contributed by atoms with Gasteiger partial charge in [0.2, 0.25) is 0 Å². The standard InChI is InChI=1S/C14H15NO2S/c16-13(17)14(5-6-14)9-15-7-10-8-18-12-4-2-1-3-11(10)12/h1-4,8,15H,5-7,9H2,(H,16,17). The zero-order valence-corrected chi connectivity index (χ0v) is 10.8. The summed E-state index contributed by atoms with van der Waals surface area (Å²) in [6.07, 6.45) is 1.61. The van der Waals surface area contributed by atoms with Crippen LogP contribution in [0, 0.1) is 5.41 Å². The zero-order valence-electron chi connectivity index (χ0n) is 9.98. The van der Waals surface area contributed by atoms with Gasteiger partial charge in [0.05, 0.1) is 5.41 Å². The van der Waals surface area contributed by atoms with Crippen molar-refractivity contribution in [3.8, 4) is 0 Å². The van der Waals surface area contributed by atoms with Crippen LogP contribution in [0.25, 0.3) is 10.1 Å². The summed E-state index contributed by atoms with van der Waals surface area (Å²) in [5, 5.41) is 15.8. The molecule has 0 unspecified atom stereocenters. The first kappa shape index (κ1) is 11.7. The van der Waals surface area contributed by atoms with Gasteiger partial charge in [-0.1, -0.05) is 18.2 Å². The number of nitrogens with one attached hydrogen (secondary N) is 1. The van der Waals surface area contributed by atoms with Crippen LogP contribution in [0.4, 0.5) is 0 Å². The number of rotatable bonds is 5. The molecule has 1 fully saturated rings. The zero-order chi connectivity index (χ0) is 12.6. The Morgan fingerprint density at radius 1 is 1.39 bits per heavy atom. The minimum absolute atomic E-state index is 0.480. The molecule has 1 aromatic carbocycles. The third kappa shape index (κ3) is 2.02. The number of aliphatic carboxylic acids is 1. The Hall–Kier alpha value is -1.39. The molecule has 0 atom stereocenters. The molecule has 1 heterocycles. The first-order chi connectivity index (χ1) is 8.71. The van der Waals surface area contributed by atoms with Crippen LogP contribution in [0.2, 0.25) is 0 Å². The van der Waals surface area contributed by atoms with Crippen LogP contribution >= 0.6 is 11.3 Å². The van der Waals surface area contributed by atoms with Crippen LogP contribution in [0.15, 0.2) is 29.6 Å². The number of hydrogen-bond donors (Lipinski definition) is 2. The van der Waals surface area contributed by atoms with E-state index in [2.05, 4.69) is 22.8 Å². The number of hydrogen-bond acceptors (Lipinski definition) is 3. The van der Waals surface area contributed by atoms with E-state index in [1.165, 1.54) is 15.6 Å². The molecule has 94 valence electrons. The summed E-state index contributed by atoms with van der Waals surface area (Å²) in [6.45, 7) is 1.32. The molecule has 3 nitrogen and oxygen atoms in total. The Labute approximate surface area is 109 Å². The fourth-order valence-corrected chi connectivity index (χ4v) is 3.19. The van der Waals surface area contributed by atoms with Crippen LogP contribution in [-0.2, 0) is 11.3 Å². The van der Waals surface area contributed by atoms with Crippen molar-refractivity contribution in [1.29, 1.82) is 0 Å². The fourth-order valence-electron chi connectivity index (χ4n) is 2.22. The highest BCUT2D eigenvalue weighted by molar-refractivity contribution is 7.17. The number of thiophene rings is 1. The fraction of sp³-hybridized carbons (Fsp3) is 0.357. The Morgan fingerprint density at radius 2 is 2.17 bits per heavy atom. The summed E-state index contributed by atoms with van der Waals surface area (Å²) < 4.78 is 1.29. The van der Waals surface area contributed by atoms with E-state index in [4.69, 9.17) is 5.11 Å². The number of carbonyl (C=O) groups is 1. The molecule has 0 bridgehead atoms. The second-order valence-corrected chi connectivity index (χ2v) is 5.86. The molecule has 0 aliphatic heterocycles. The molecule has 1 aliphatic rings. The first-order valence-electron chi connectivity index (χ1n) is 6.10. The smallest absolute Gasteiger partial charge is 0.310 e. The van der Waals surface area contributed by atoms with Gasteiger partial charge in [0, 0.05) is 17.8 Å². The van der Waals surface area contributed by atoms with Gasteiger partial charge in [-0.05, 0) is 35.2 Å². The first-order valence-corrected chi connectivity index (χ1v) is 6.98. The van der Waals surface area contributed by atoms with E-state index >= 15 is 0 Å². The number of carboxylic acid groups (broad SMARTS) is 1. The van der Waals surface area contributed by atoms with Crippen molar-refractivity contribution in [3.05, 3.63) is 35.2 Å². The maximum atomic E-state index is 11.1. The van der Waals surface area contributed by atoms with Gasteiger partial charge in [0.25, 0.3) is 0 Å². The SMILES string of the molecule is O=C(O)C1(CNCc2csc3ccccc23)CC1. The lowest BCUT2D eigenvalue weighted by molar-refractivity contribution is -0.143. The molecule has 4 heteroatoms. The van der Waals surface area contributed by atoms with Crippen molar-refractivity contribution < 1.29 is 9.90 Å². The van der Waals surface area contributed by atoms with Crippen LogP contribution in [0.1, 0.15) is 18.4 Å². The summed E-state index contributed by atoms with van der Waals surface area (Å²) in [4.78, 5) is 11.1. The molecule has 0 amide bonds. The van der Waals surface area contributed by atoms with Crippen LogP contribution in [-0.4, -0.2) is 17.6 Å². The average molecular weight is 261 g/mol. The monoisotopic (exact) mass is 261 g/mol. The highest BCUT2D eigenvalue weighted by atomic mass is 32.1. The van der Waals surface area contributed by atoms with E-state index in [-0.39, 0.29) is 0 Å². The van der Waals surface area contributed by atoms with Crippen molar-refractivity contribution in [2.24, 2.45) is 5.41 Å². The number of benzene rings is 1. The van der Waals surface area contributed by atoms with E-state index in [1.54, 1.807) is 11.3 Å². The van der Waals surface area contributed by atoms with Crippen LogP contribution in [0.3, 0.4) is 0 Å². The van der Waals surface area contributed by atoms with E-state index in [1.807, 2.05) is 12.1 Å². The molecule has 0 saturated heterocycles. The minimum atomic E-state index is -0.662. The van der Waals surface area contributed by atoms with E-state index in [9.17, 15) is 4.79 Å². The van der Waals surface area contributed by atoms with Gasteiger partial charge >= 0.3 is 5.97 Å². The summed E-state index contributed by atoms with van der Waals surface area (Å²) in [5.74, 6) is -0.662. The van der Waals surface area contributed by atoms with Gasteiger partial charge in [0.1, 0.15) is 0 Å². The van der Waals surface area contributed by atoms with Gasteiger partial charge in [0.15, 0.2) is 0 Å². The normalized spacial score (nSPS) is 16.9. The second kappa shape index (κ2) is 4.37. The Bertz CT molecular complexity index is 586. The summed E-state index contributed by atoms with van der Waals surface area (Å²) in [6, 6.07) is 8.31. The topological polar surface area (TPSA) is 49.3 Å². The molecule has 2 N–H and O–H groups in total. The number of carboxylic acids is 1. The lowest BCUT2D eigenvalue weighted by Crippen LogP contribution is -2.29. The number of fused-ring (bicyclic) bond motifs is 1. The van der Waals surface area contributed by atoms with E-state index in [0.29, 0.717) is 6.54 Å². The largest absolute Gasteiger partial charge is 0.481 e. The molecule has 1 aliphatic carbocycles. The van der Waals surface area contributed by atoms with Gasteiger partial charge in [-0.15, -0.1) is 11.3 Å². The highest BCUT2D eigenvalue weighted by Crippen LogP contribution is 2.45. The third-order valence-electron chi connectivity index (χ3n) is 3.65. The molecular formula is C14H15NO2S. The molecule has 3 rings (SSSR count). The van der Waals surface area contributed by atoms with Crippen LogP contribution in [0.5, 0.6) is 0 Å². The average Bonchev–Trinajstić information content (AvgIpc) is 3.06. The Morgan fingerprint density at radius 3 is 2.89 bits per heavy atom. The molecule has 0 spiro atoms. The second-order valence-electron chi connectivity index (χ2n) is 4.95. The molecule has 2 aromatic rings. The Balaban J connectivity index is 1.65. The lowest BCUT2D eigenvalue weighted by Gasteiger charge is -2.10. The maximum absolute atomic E-state index is 11.1. The third-order valence-corrected chi connectivity index (χ3v) is 4.66. The van der Waals surface area contributed by atoms with Crippen molar-refractivity contribution >= 4 is 27.4 Å². The molecule has 18 heavy (non-hydrogen) atoms. The van der Waals surface area contributed by atoms with Crippen molar-refractivity contribution in [1.82, 2.24) is 5.32 Å². The van der Waals surface area contributed by atoms with E-state index in [0.717, 1.165) is 19.4 Å². The summed E-state index contributed by atoms with van der Waals surface area (Å²) in [5.41, 5.74) is 0.781. The lowest BCUT2D eigenvalue weighted by atomic mass is 10.1. The van der Waals surface area contributed by atoms with Gasteiger partial charge in [-0.3, -0.25) is 4.79 Å². The quantitative estimate of drug-likeness (QED) is 0.870. The minimum Gasteiger partial charge on any atom is -0.481 e. The molecule has 0 radical (unpaired) electrons. The maximum Gasteiger partial charge on any atom is 0.310 e. The molecule has 1 saturated carbocycles. The predicted molar refractivity (Wildman–Crippen MR) is 72.8 cm³/mol. The highest BCUT2D eigenvalue weighted by Gasteiger charge is 2.49. The van der Waals surface area contributed by atoms with Gasteiger partial charge in [-0.25, -0.2) is 0 Å². The van der Waals surface area contributed by atoms with E-state index < -0.39 is 11.4 Å². The summed E-state index contributed by atoms with van der Waals surface area (Å²) >= 11 is 1.74. The Kier molecular flexibility index (Phi) is 2.84. The summed E-state index contributed by atoms with van der Waals surface area (Å²) in [7, 11) is 0. The van der Waals surface area contributed by atoms with Crippen molar-refractivity contribution in [3.63, 3.8) is 0 Å². The van der Waals surface area contributed by atoms with Gasteiger partial charge in [-0.2, -0.15) is 0 Å². The van der Waals surface area contributed by atoms with Crippen LogP contribution < -0.4 is 5.32 Å². The molecule has 1 aromatic heterocycles.